The second-order valence-electron chi connectivity index (χ2n) is 9.00. The summed E-state index contributed by atoms with van der Waals surface area (Å²) in [6.07, 6.45) is 2.63. The second-order valence-corrected chi connectivity index (χ2v) is 9.00. The van der Waals surface area contributed by atoms with E-state index >= 15 is 0 Å². The number of aromatic nitrogens is 3. The van der Waals surface area contributed by atoms with E-state index < -0.39 is 36.0 Å². The van der Waals surface area contributed by atoms with E-state index in [0.29, 0.717) is 28.1 Å². The largest absolute Gasteiger partial charge is 0.438 e. The molecular weight excluding hydrogens is 503 g/mol. The Morgan fingerprint density at radius 1 is 1.13 bits per heavy atom. The standard InChI is InChI=1S/C26H18F3N5O4/c1-26(28,29)12-34-22(18-10-31-19(11-30-18)37-14-7-5-13(27)6-8-14)20-16(24(34)35)9-32-21(20)15-3-2-4-17-23(15)38-25(36)33-17/h2-8,10-11,22H,9,12H2,1H3,(H,33,36). The SMILES string of the molecule is CC(F)(F)CN1C(=O)C2=C(C(c3cccc4[nH]c(=O)oc34)=NC2)C1c1cnc(Oc2ccc(F)cc2)cn1. The third-order valence-corrected chi connectivity index (χ3v) is 6.19. The van der Waals surface area contributed by atoms with E-state index in [0.717, 1.165) is 11.8 Å². The molecule has 0 spiro atoms. The number of H-pyrrole nitrogens is 1. The minimum atomic E-state index is -3.18. The zero-order chi connectivity index (χ0) is 26.6. The maximum Gasteiger partial charge on any atom is 0.417 e. The van der Waals surface area contributed by atoms with E-state index in [1.807, 2.05) is 0 Å². The van der Waals surface area contributed by atoms with Crippen LogP contribution in [0, 0.1) is 5.82 Å². The van der Waals surface area contributed by atoms with Gasteiger partial charge < -0.3 is 14.1 Å². The van der Waals surface area contributed by atoms with E-state index in [4.69, 9.17) is 9.15 Å². The Hall–Kier alpha value is -4.74. The molecule has 2 aliphatic heterocycles. The number of rotatable bonds is 6. The topological polar surface area (TPSA) is 114 Å². The number of fused-ring (bicyclic) bond motifs is 1. The van der Waals surface area contributed by atoms with Gasteiger partial charge in [-0.1, -0.05) is 6.07 Å². The second kappa shape index (κ2) is 8.68. The summed E-state index contributed by atoms with van der Waals surface area (Å²) in [5.74, 6) is -4.43. The number of nitrogens with one attached hydrogen (secondary N) is 1. The number of para-hydroxylation sites is 1. The third-order valence-electron chi connectivity index (χ3n) is 6.19. The molecule has 2 aromatic carbocycles. The molecule has 1 amide bonds. The maximum atomic E-state index is 14.2. The van der Waals surface area contributed by atoms with Crippen molar-refractivity contribution in [3.8, 4) is 11.6 Å². The van der Waals surface area contributed by atoms with Crippen molar-refractivity contribution in [2.75, 3.05) is 13.1 Å². The number of hydrogen-bond donors (Lipinski definition) is 1. The lowest BCUT2D eigenvalue weighted by Gasteiger charge is -2.29. The molecule has 0 fully saturated rings. The van der Waals surface area contributed by atoms with Gasteiger partial charge in [-0.25, -0.2) is 22.9 Å². The summed E-state index contributed by atoms with van der Waals surface area (Å²) in [4.78, 5) is 41.9. The third kappa shape index (κ3) is 4.13. The summed E-state index contributed by atoms with van der Waals surface area (Å²) >= 11 is 0. The number of aromatic amines is 1. The van der Waals surface area contributed by atoms with Crippen molar-refractivity contribution in [2.45, 2.75) is 18.9 Å². The highest BCUT2D eigenvalue weighted by molar-refractivity contribution is 6.24. The molecule has 1 atom stereocenters. The number of nitrogens with zero attached hydrogens (tertiary/aromatic N) is 4. The fourth-order valence-electron chi connectivity index (χ4n) is 4.70. The average Bonchev–Trinajstić information content (AvgIpc) is 3.54. The Balaban J connectivity index is 1.40. The zero-order valence-electron chi connectivity index (χ0n) is 19.7. The highest BCUT2D eigenvalue weighted by atomic mass is 19.3. The molecule has 2 aromatic heterocycles. The normalized spacial score (nSPS) is 17.4. The first-order chi connectivity index (χ1) is 18.2. The van der Waals surface area contributed by atoms with Crippen LogP contribution >= 0.6 is 0 Å². The number of carbonyl (C=O) groups excluding carboxylic acids is 1. The molecule has 192 valence electrons. The van der Waals surface area contributed by atoms with Gasteiger partial charge in [-0.15, -0.1) is 0 Å². The molecule has 2 aliphatic rings. The fraction of sp³-hybridized carbons (Fsp3) is 0.192. The quantitative estimate of drug-likeness (QED) is 0.407. The predicted molar refractivity (Wildman–Crippen MR) is 129 cm³/mol. The van der Waals surface area contributed by atoms with E-state index in [9.17, 15) is 22.8 Å². The lowest BCUT2D eigenvalue weighted by Crippen LogP contribution is -2.40. The molecule has 4 aromatic rings. The maximum absolute atomic E-state index is 14.2. The number of oxazole rings is 1. The van der Waals surface area contributed by atoms with Gasteiger partial charge in [0.25, 0.3) is 11.8 Å². The van der Waals surface area contributed by atoms with Crippen LogP contribution in [0.1, 0.15) is 24.2 Å². The average molecular weight is 521 g/mol. The van der Waals surface area contributed by atoms with Crippen LogP contribution in [0.25, 0.3) is 11.1 Å². The highest BCUT2D eigenvalue weighted by Crippen LogP contribution is 2.43. The van der Waals surface area contributed by atoms with Gasteiger partial charge in [0.05, 0.1) is 42.4 Å². The Morgan fingerprint density at radius 2 is 1.92 bits per heavy atom. The van der Waals surface area contributed by atoms with Crippen molar-refractivity contribution < 1.29 is 27.1 Å². The number of halogens is 3. The van der Waals surface area contributed by atoms with Gasteiger partial charge in [-0.3, -0.25) is 19.8 Å². The Bertz CT molecular complexity index is 1690. The van der Waals surface area contributed by atoms with Crippen molar-refractivity contribution in [2.24, 2.45) is 4.99 Å². The summed E-state index contributed by atoms with van der Waals surface area (Å²) in [6, 6.07) is 9.30. The first-order valence-corrected chi connectivity index (χ1v) is 11.5. The monoisotopic (exact) mass is 521 g/mol. The van der Waals surface area contributed by atoms with Gasteiger partial charge in [0.2, 0.25) is 5.88 Å². The van der Waals surface area contributed by atoms with Crippen LogP contribution in [0.4, 0.5) is 13.2 Å². The zero-order valence-corrected chi connectivity index (χ0v) is 19.7. The van der Waals surface area contributed by atoms with E-state index in [1.165, 1.54) is 36.7 Å². The molecule has 0 radical (unpaired) electrons. The number of alkyl halides is 2. The molecular formula is C26H18F3N5O4. The number of amides is 1. The van der Waals surface area contributed by atoms with Crippen molar-refractivity contribution in [3.05, 3.63) is 93.6 Å². The van der Waals surface area contributed by atoms with Crippen LogP contribution in [0.2, 0.25) is 0 Å². The van der Waals surface area contributed by atoms with Gasteiger partial charge in [0.15, 0.2) is 5.58 Å². The van der Waals surface area contributed by atoms with Crippen LogP contribution in [0.5, 0.6) is 11.6 Å². The summed E-state index contributed by atoms with van der Waals surface area (Å²) in [5.41, 5.74) is 2.35. The minimum absolute atomic E-state index is 0.0178. The fourth-order valence-corrected chi connectivity index (χ4v) is 4.70. The van der Waals surface area contributed by atoms with Crippen LogP contribution in [0.3, 0.4) is 0 Å². The minimum Gasteiger partial charge on any atom is -0.438 e. The predicted octanol–water partition coefficient (Wildman–Crippen LogP) is 4.18. The molecule has 38 heavy (non-hydrogen) atoms. The lowest BCUT2D eigenvalue weighted by atomic mass is 9.94. The van der Waals surface area contributed by atoms with Crippen molar-refractivity contribution in [3.63, 3.8) is 0 Å². The van der Waals surface area contributed by atoms with Gasteiger partial charge in [-0.05, 0) is 36.4 Å². The summed E-state index contributed by atoms with van der Waals surface area (Å²) in [5, 5.41) is 0. The van der Waals surface area contributed by atoms with E-state index in [1.54, 1.807) is 18.2 Å². The Labute approximate surface area is 212 Å². The van der Waals surface area contributed by atoms with Crippen LogP contribution in [-0.2, 0) is 4.79 Å². The Morgan fingerprint density at radius 3 is 2.63 bits per heavy atom. The molecule has 4 heterocycles. The van der Waals surface area contributed by atoms with Crippen molar-refractivity contribution >= 4 is 22.7 Å². The number of benzene rings is 2. The molecule has 0 bridgehead atoms. The van der Waals surface area contributed by atoms with Gasteiger partial charge in [0, 0.05) is 23.6 Å². The highest BCUT2D eigenvalue weighted by Gasteiger charge is 2.48. The number of aliphatic imine (C=N–C) groups is 1. The molecule has 6 rings (SSSR count). The molecule has 12 heteroatoms. The molecule has 1 unspecified atom stereocenters. The Kier molecular flexibility index (Phi) is 5.40. The summed E-state index contributed by atoms with van der Waals surface area (Å²) < 4.78 is 52.5. The number of carbonyl (C=O) groups is 1. The van der Waals surface area contributed by atoms with Crippen LogP contribution < -0.4 is 10.5 Å². The van der Waals surface area contributed by atoms with Crippen molar-refractivity contribution in [1.29, 1.82) is 0 Å². The van der Waals surface area contributed by atoms with Gasteiger partial charge in [0.1, 0.15) is 17.6 Å². The first kappa shape index (κ1) is 23.6. The number of hydrogen-bond acceptors (Lipinski definition) is 7. The van der Waals surface area contributed by atoms with E-state index in [-0.39, 0.29) is 29.3 Å². The molecule has 0 saturated heterocycles. The van der Waals surface area contributed by atoms with Gasteiger partial charge >= 0.3 is 5.76 Å². The summed E-state index contributed by atoms with van der Waals surface area (Å²) in [7, 11) is 0. The van der Waals surface area contributed by atoms with Crippen LogP contribution in [-0.4, -0.2) is 50.5 Å². The van der Waals surface area contributed by atoms with Crippen LogP contribution in [0.15, 0.2) is 80.2 Å². The first-order valence-electron chi connectivity index (χ1n) is 11.5. The van der Waals surface area contributed by atoms with Crippen molar-refractivity contribution in [1.82, 2.24) is 19.9 Å². The molecule has 1 N–H and O–H groups in total. The van der Waals surface area contributed by atoms with Gasteiger partial charge in [-0.2, -0.15) is 0 Å². The molecule has 0 aliphatic carbocycles. The molecule has 0 saturated carbocycles. The lowest BCUT2D eigenvalue weighted by molar-refractivity contribution is -0.132. The number of ether oxygens (including phenoxy) is 1. The summed E-state index contributed by atoms with van der Waals surface area (Å²) in [6.45, 7) is -0.137. The van der Waals surface area contributed by atoms with E-state index in [2.05, 4.69) is 19.9 Å². The smallest absolute Gasteiger partial charge is 0.417 e. The molecule has 9 nitrogen and oxygen atoms in total.